The molecule has 0 spiro atoms. The fraction of sp³-hybridized carbons (Fsp3) is 0.381. The van der Waals surface area contributed by atoms with Crippen molar-refractivity contribution in [3.05, 3.63) is 59.7 Å². The predicted molar refractivity (Wildman–Crippen MR) is 110 cm³/mol. The number of ether oxygens (including phenoxy) is 1. The van der Waals surface area contributed by atoms with E-state index in [0.29, 0.717) is 12.4 Å². The molecule has 6 heteroatoms. The lowest BCUT2D eigenvalue weighted by atomic mass is 10.2. The van der Waals surface area contributed by atoms with E-state index in [-0.39, 0.29) is 4.90 Å². The van der Waals surface area contributed by atoms with E-state index >= 15 is 0 Å². The molecule has 0 aliphatic heterocycles. The van der Waals surface area contributed by atoms with Crippen molar-refractivity contribution in [2.24, 2.45) is 5.10 Å². The first-order valence-corrected chi connectivity index (χ1v) is 10.8. The van der Waals surface area contributed by atoms with Crippen LogP contribution >= 0.6 is 0 Å². The molecule has 1 N–H and O–H groups in total. The lowest BCUT2D eigenvalue weighted by molar-refractivity contribution is 0.304. The number of benzene rings is 2. The number of unbranched alkanes of at least 4 members (excludes halogenated alkanes) is 4. The van der Waals surface area contributed by atoms with Crippen LogP contribution in [0.4, 0.5) is 0 Å². The van der Waals surface area contributed by atoms with Gasteiger partial charge in [0.2, 0.25) is 0 Å². The Balaban J connectivity index is 1.93. The molecule has 0 fully saturated rings. The summed E-state index contributed by atoms with van der Waals surface area (Å²) >= 11 is 0. The fourth-order valence-electron chi connectivity index (χ4n) is 2.54. The molecule has 0 aliphatic rings. The number of nitrogens with one attached hydrogen (secondary N) is 1. The maximum atomic E-state index is 12.3. The first kappa shape index (κ1) is 21.0. The van der Waals surface area contributed by atoms with Crippen LogP contribution in [0.3, 0.4) is 0 Å². The Labute approximate surface area is 162 Å². The van der Waals surface area contributed by atoms with Crippen LogP contribution in [0.1, 0.15) is 50.2 Å². The molecule has 0 aliphatic carbocycles. The zero-order valence-electron chi connectivity index (χ0n) is 16.0. The summed E-state index contributed by atoms with van der Waals surface area (Å²) in [6.45, 7) is 4.74. The van der Waals surface area contributed by atoms with Gasteiger partial charge in [-0.3, -0.25) is 0 Å². The quantitative estimate of drug-likeness (QED) is 0.346. The summed E-state index contributed by atoms with van der Waals surface area (Å²) in [7, 11) is -3.68. The standard InChI is InChI=1S/C21H28N2O3S/c1-3-4-5-6-9-16-26-21-11-8-7-10-19(21)17-22-23-27(24,25)20-14-12-18(2)13-15-20/h7-8,10-15,17,23H,3-6,9,16H2,1-2H3. The lowest BCUT2D eigenvalue weighted by Crippen LogP contribution is -2.18. The van der Waals surface area contributed by atoms with Crippen LogP contribution < -0.4 is 9.57 Å². The van der Waals surface area contributed by atoms with Crippen molar-refractivity contribution in [2.45, 2.75) is 50.8 Å². The average Bonchev–Trinajstić information content (AvgIpc) is 2.66. The molecule has 0 heterocycles. The highest BCUT2D eigenvalue weighted by molar-refractivity contribution is 7.89. The van der Waals surface area contributed by atoms with Gasteiger partial charge in [0.1, 0.15) is 5.75 Å². The number of hydrogen-bond acceptors (Lipinski definition) is 4. The van der Waals surface area contributed by atoms with Gasteiger partial charge >= 0.3 is 0 Å². The van der Waals surface area contributed by atoms with E-state index < -0.39 is 10.0 Å². The van der Waals surface area contributed by atoms with Crippen LogP contribution in [0.5, 0.6) is 5.75 Å². The summed E-state index contributed by atoms with van der Waals surface area (Å²) in [6.07, 6.45) is 7.33. The highest BCUT2D eigenvalue weighted by Crippen LogP contribution is 2.17. The molecule has 0 saturated heterocycles. The molecular formula is C21H28N2O3S. The Morgan fingerprint density at radius 3 is 2.44 bits per heavy atom. The maximum Gasteiger partial charge on any atom is 0.276 e. The molecule has 5 nitrogen and oxygen atoms in total. The van der Waals surface area contributed by atoms with Crippen molar-refractivity contribution >= 4 is 16.2 Å². The summed E-state index contributed by atoms with van der Waals surface area (Å²) in [5, 5.41) is 3.90. The Morgan fingerprint density at radius 1 is 1.00 bits per heavy atom. The van der Waals surface area contributed by atoms with Gasteiger partial charge in [-0.05, 0) is 37.6 Å². The second-order valence-electron chi connectivity index (χ2n) is 6.47. The second kappa shape index (κ2) is 10.7. The lowest BCUT2D eigenvalue weighted by Gasteiger charge is -2.09. The SMILES string of the molecule is CCCCCCCOc1ccccc1C=NNS(=O)(=O)c1ccc(C)cc1. The number of aryl methyl sites for hydroxylation is 1. The molecule has 0 radical (unpaired) electrons. The smallest absolute Gasteiger partial charge is 0.276 e. The minimum absolute atomic E-state index is 0.182. The van der Waals surface area contributed by atoms with Gasteiger partial charge in [-0.25, -0.2) is 4.83 Å². The molecule has 27 heavy (non-hydrogen) atoms. The van der Waals surface area contributed by atoms with E-state index in [9.17, 15) is 8.42 Å². The number of hydrazone groups is 1. The molecule has 0 amide bonds. The molecule has 2 aromatic carbocycles. The minimum atomic E-state index is -3.68. The van der Waals surface area contributed by atoms with E-state index in [2.05, 4.69) is 16.9 Å². The molecule has 146 valence electrons. The Morgan fingerprint density at radius 2 is 1.70 bits per heavy atom. The molecule has 0 unspecified atom stereocenters. The number of para-hydroxylation sites is 1. The summed E-state index contributed by atoms with van der Waals surface area (Å²) in [6, 6.07) is 14.1. The van der Waals surface area contributed by atoms with Crippen LogP contribution in [0, 0.1) is 6.92 Å². The van der Waals surface area contributed by atoms with Gasteiger partial charge in [0.25, 0.3) is 10.0 Å². The van der Waals surface area contributed by atoms with Crippen molar-refractivity contribution < 1.29 is 13.2 Å². The predicted octanol–water partition coefficient (Wildman–Crippen LogP) is 4.66. The van der Waals surface area contributed by atoms with Gasteiger partial charge in [0, 0.05) is 5.56 Å². The van der Waals surface area contributed by atoms with Crippen molar-refractivity contribution in [3.8, 4) is 5.75 Å². The van der Waals surface area contributed by atoms with E-state index in [1.165, 1.54) is 25.5 Å². The van der Waals surface area contributed by atoms with Crippen LogP contribution in [-0.2, 0) is 10.0 Å². The number of hydrogen-bond donors (Lipinski definition) is 1. The van der Waals surface area contributed by atoms with Gasteiger partial charge in [0.15, 0.2) is 0 Å². The third-order valence-electron chi connectivity index (χ3n) is 4.13. The van der Waals surface area contributed by atoms with E-state index in [1.54, 1.807) is 24.3 Å². The van der Waals surface area contributed by atoms with E-state index in [4.69, 9.17) is 4.74 Å². The number of nitrogens with zero attached hydrogens (tertiary/aromatic N) is 1. The Kier molecular flexibility index (Phi) is 8.33. The Bertz CT molecular complexity index is 831. The maximum absolute atomic E-state index is 12.3. The number of sulfonamides is 1. The zero-order valence-corrected chi connectivity index (χ0v) is 16.8. The largest absolute Gasteiger partial charge is 0.493 e. The molecule has 2 rings (SSSR count). The van der Waals surface area contributed by atoms with Crippen LogP contribution in [-0.4, -0.2) is 21.2 Å². The second-order valence-corrected chi connectivity index (χ2v) is 8.13. The monoisotopic (exact) mass is 388 g/mol. The third-order valence-corrected chi connectivity index (χ3v) is 5.37. The minimum Gasteiger partial charge on any atom is -0.493 e. The van der Waals surface area contributed by atoms with E-state index in [1.807, 2.05) is 31.2 Å². The van der Waals surface area contributed by atoms with Crippen LogP contribution in [0.25, 0.3) is 0 Å². The first-order chi connectivity index (χ1) is 13.0. The van der Waals surface area contributed by atoms with Crippen molar-refractivity contribution in [2.75, 3.05) is 6.61 Å². The Hall–Kier alpha value is -2.34. The third kappa shape index (κ3) is 7.06. The fourth-order valence-corrected chi connectivity index (χ4v) is 3.33. The van der Waals surface area contributed by atoms with Crippen molar-refractivity contribution in [3.63, 3.8) is 0 Å². The van der Waals surface area contributed by atoms with Crippen LogP contribution in [0.15, 0.2) is 58.5 Å². The summed E-state index contributed by atoms with van der Waals surface area (Å²) in [5.74, 6) is 0.700. The highest BCUT2D eigenvalue weighted by atomic mass is 32.2. The molecule has 2 aromatic rings. The average molecular weight is 389 g/mol. The molecule has 0 saturated carbocycles. The van der Waals surface area contributed by atoms with E-state index in [0.717, 1.165) is 24.0 Å². The molecular weight excluding hydrogens is 360 g/mol. The van der Waals surface area contributed by atoms with Gasteiger partial charge < -0.3 is 4.74 Å². The number of rotatable bonds is 11. The van der Waals surface area contributed by atoms with Crippen molar-refractivity contribution in [1.29, 1.82) is 0 Å². The van der Waals surface area contributed by atoms with Gasteiger partial charge in [-0.1, -0.05) is 62.4 Å². The summed E-state index contributed by atoms with van der Waals surface area (Å²) < 4.78 is 30.3. The topological polar surface area (TPSA) is 67.8 Å². The van der Waals surface area contributed by atoms with Crippen molar-refractivity contribution in [1.82, 2.24) is 4.83 Å². The summed E-state index contributed by atoms with van der Waals surface area (Å²) in [5.41, 5.74) is 1.73. The summed E-state index contributed by atoms with van der Waals surface area (Å²) in [4.78, 5) is 2.43. The first-order valence-electron chi connectivity index (χ1n) is 9.36. The molecule has 0 aromatic heterocycles. The van der Waals surface area contributed by atoms with Crippen LogP contribution in [0.2, 0.25) is 0 Å². The molecule has 0 bridgehead atoms. The zero-order chi connectivity index (χ0) is 19.5. The van der Waals surface area contributed by atoms with Gasteiger partial charge in [0.05, 0.1) is 17.7 Å². The highest BCUT2D eigenvalue weighted by Gasteiger charge is 2.12. The molecule has 0 atom stereocenters. The van der Waals surface area contributed by atoms with Gasteiger partial charge in [-0.2, -0.15) is 13.5 Å². The normalized spacial score (nSPS) is 11.6. The van der Waals surface area contributed by atoms with Gasteiger partial charge in [-0.15, -0.1) is 0 Å².